The van der Waals surface area contributed by atoms with Gasteiger partial charge in [-0.25, -0.2) is 0 Å². The van der Waals surface area contributed by atoms with E-state index < -0.39 is 0 Å². The lowest BCUT2D eigenvalue weighted by atomic mass is 9.94. The Balaban J connectivity index is 2.41. The van der Waals surface area contributed by atoms with Crippen LogP contribution in [0.3, 0.4) is 0 Å². The number of rotatable bonds is 6. The highest BCUT2D eigenvalue weighted by Crippen LogP contribution is 2.20. The predicted molar refractivity (Wildman–Crippen MR) is 76.3 cm³/mol. The van der Waals surface area contributed by atoms with E-state index in [-0.39, 0.29) is 0 Å². The molecule has 1 rings (SSSR count). The van der Waals surface area contributed by atoms with Gasteiger partial charge >= 0.3 is 0 Å². The highest BCUT2D eigenvalue weighted by Gasteiger charge is 2.25. The van der Waals surface area contributed by atoms with E-state index in [9.17, 15) is 0 Å². The van der Waals surface area contributed by atoms with Crippen LogP contribution >= 0.6 is 0 Å². The first kappa shape index (κ1) is 15.0. The maximum Gasteiger partial charge on any atom is 0.0243 e. The van der Waals surface area contributed by atoms with E-state index in [1.165, 1.54) is 25.9 Å². The van der Waals surface area contributed by atoms with Crippen LogP contribution in [0, 0.1) is 17.8 Å². The molecule has 1 heterocycles. The van der Waals surface area contributed by atoms with Crippen LogP contribution in [-0.2, 0) is 0 Å². The Labute approximate surface area is 108 Å². The molecule has 2 nitrogen and oxygen atoms in total. The predicted octanol–water partition coefficient (Wildman–Crippen LogP) is 2.99. The lowest BCUT2D eigenvalue weighted by molar-refractivity contribution is 0.0994. The van der Waals surface area contributed by atoms with Crippen LogP contribution in [0.5, 0.6) is 0 Å². The standard InChI is InChI=1S/C15H32N2/c1-12(2)9-16-10-15(13(3)4)17-8-6-7-14(5)11-17/h12-16H,6-11H2,1-5H3. The van der Waals surface area contributed by atoms with Crippen LogP contribution in [0.2, 0.25) is 0 Å². The first-order chi connectivity index (χ1) is 8.00. The molecule has 0 aromatic carbocycles. The fourth-order valence-corrected chi connectivity index (χ4v) is 2.83. The number of nitrogens with zero attached hydrogens (tertiary/aromatic N) is 1. The topological polar surface area (TPSA) is 15.3 Å². The van der Waals surface area contributed by atoms with Crippen molar-refractivity contribution in [3.8, 4) is 0 Å². The first-order valence-corrected chi connectivity index (χ1v) is 7.45. The average Bonchev–Trinajstić information content (AvgIpc) is 2.23. The summed E-state index contributed by atoms with van der Waals surface area (Å²) < 4.78 is 0. The number of hydrogen-bond donors (Lipinski definition) is 1. The lowest BCUT2D eigenvalue weighted by Crippen LogP contribution is -2.49. The first-order valence-electron chi connectivity index (χ1n) is 7.45. The molecular weight excluding hydrogens is 208 g/mol. The van der Waals surface area contributed by atoms with Crippen LogP contribution in [0.4, 0.5) is 0 Å². The van der Waals surface area contributed by atoms with Crippen molar-refractivity contribution in [2.75, 3.05) is 26.2 Å². The normalized spacial score (nSPS) is 24.5. The van der Waals surface area contributed by atoms with Gasteiger partial charge in [0, 0.05) is 19.1 Å². The summed E-state index contributed by atoms with van der Waals surface area (Å²) in [4.78, 5) is 2.71. The molecular formula is C15H32N2. The van der Waals surface area contributed by atoms with Gasteiger partial charge in [0.15, 0.2) is 0 Å². The van der Waals surface area contributed by atoms with Gasteiger partial charge in [0.05, 0.1) is 0 Å². The Hall–Kier alpha value is -0.0800. The van der Waals surface area contributed by atoms with Crippen molar-refractivity contribution >= 4 is 0 Å². The summed E-state index contributed by atoms with van der Waals surface area (Å²) in [6.45, 7) is 16.6. The van der Waals surface area contributed by atoms with Crippen molar-refractivity contribution in [3.05, 3.63) is 0 Å². The van der Waals surface area contributed by atoms with Crippen molar-refractivity contribution in [1.82, 2.24) is 10.2 Å². The molecule has 2 atom stereocenters. The molecule has 102 valence electrons. The summed E-state index contributed by atoms with van der Waals surface area (Å²) in [7, 11) is 0. The summed E-state index contributed by atoms with van der Waals surface area (Å²) in [5.41, 5.74) is 0. The molecule has 1 aliphatic rings. The van der Waals surface area contributed by atoms with Gasteiger partial charge in [0.1, 0.15) is 0 Å². The molecule has 0 radical (unpaired) electrons. The van der Waals surface area contributed by atoms with Crippen LogP contribution < -0.4 is 5.32 Å². The van der Waals surface area contributed by atoms with Gasteiger partial charge in [-0.1, -0.05) is 34.6 Å². The molecule has 0 spiro atoms. The van der Waals surface area contributed by atoms with E-state index in [4.69, 9.17) is 0 Å². The van der Waals surface area contributed by atoms with E-state index in [2.05, 4.69) is 44.8 Å². The maximum absolute atomic E-state index is 3.64. The van der Waals surface area contributed by atoms with E-state index >= 15 is 0 Å². The summed E-state index contributed by atoms with van der Waals surface area (Å²) in [5, 5.41) is 3.64. The number of likely N-dealkylation sites (tertiary alicyclic amines) is 1. The second-order valence-electron chi connectivity index (χ2n) is 6.61. The van der Waals surface area contributed by atoms with Crippen molar-refractivity contribution in [3.63, 3.8) is 0 Å². The van der Waals surface area contributed by atoms with E-state index in [0.29, 0.717) is 0 Å². The van der Waals surface area contributed by atoms with Crippen LogP contribution in [-0.4, -0.2) is 37.1 Å². The molecule has 0 bridgehead atoms. The van der Waals surface area contributed by atoms with Gasteiger partial charge in [-0.3, -0.25) is 4.90 Å². The quantitative estimate of drug-likeness (QED) is 0.768. The van der Waals surface area contributed by atoms with Gasteiger partial charge < -0.3 is 5.32 Å². The molecule has 1 N–H and O–H groups in total. The smallest absolute Gasteiger partial charge is 0.0243 e. The van der Waals surface area contributed by atoms with Crippen LogP contribution in [0.25, 0.3) is 0 Å². The molecule has 1 fully saturated rings. The summed E-state index contributed by atoms with van der Waals surface area (Å²) in [6.07, 6.45) is 2.80. The summed E-state index contributed by atoms with van der Waals surface area (Å²) in [5.74, 6) is 2.39. The average molecular weight is 240 g/mol. The zero-order valence-corrected chi connectivity index (χ0v) is 12.5. The number of piperidine rings is 1. The second-order valence-corrected chi connectivity index (χ2v) is 6.61. The fourth-order valence-electron chi connectivity index (χ4n) is 2.83. The van der Waals surface area contributed by atoms with Gasteiger partial charge in [-0.2, -0.15) is 0 Å². The Kier molecular flexibility index (Phi) is 6.50. The van der Waals surface area contributed by atoms with Crippen molar-refractivity contribution in [1.29, 1.82) is 0 Å². The van der Waals surface area contributed by atoms with Crippen molar-refractivity contribution < 1.29 is 0 Å². The fraction of sp³-hybridized carbons (Fsp3) is 1.00. The Bertz CT molecular complexity index is 201. The summed E-state index contributed by atoms with van der Waals surface area (Å²) >= 11 is 0. The van der Waals surface area contributed by atoms with Crippen LogP contribution in [0.15, 0.2) is 0 Å². The second kappa shape index (κ2) is 7.38. The molecule has 1 aliphatic heterocycles. The Morgan fingerprint density at radius 3 is 2.41 bits per heavy atom. The SMILES string of the molecule is CC(C)CNCC(C(C)C)N1CCCC(C)C1. The monoisotopic (exact) mass is 240 g/mol. The van der Waals surface area contributed by atoms with Crippen LogP contribution in [0.1, 0.15) is 47.5 Å². The van der Waals surface area contributed by atoms with Gasteiger partial charge in [-0.15, -0.1) is 0 Å². The van der Waals surface area contributed by atoms with Gasteiger partial charge in [0.25, 0.3) is 0 Å². The zero-order valence-electron chi connectivity index (χ0n) is 12.5. The van der Waals surface area contributed by atoms with E-state index in [1.807, 2.05) is 0 Å². The molecule has 2 unspecified atom stereocenters. The molecule has 0 amide bonds. The maximum atomic E-state index is 3.64. The largest absolute Gasteiger partial charge is 0.315 e. The van der Waals surface area contributed by atoms with Gasteiger partial charge in [0.2, 0.25) is 0 Å². The van der Waals surface area contributed by atoms with E-state index in [1.54, 1.807) is 0 Å². The van der Waals surface area contributed by atoms with Crippen molar-refractivity contribution in [2.45, 2.75) is 53.5 Å². The Morgan fingerprint density at radius 1 is 1.18 bits per heavy atom. The number of nitrogens with one attached hydrogen (secondary N) is 1. The molecule has 1 saturated heterocycles. The molecule has 2 heteroatoms. The molecule has 0 saturated carbocycles. The molecule has 0 aliphatic carbocycles. The minimum absolute atomic E-state index is 0.719. The molecule has 0 aromatic heterocycles. The van der Waals surface area contributed by atoms with E-state index in [0.717, 1.165) is 36.9 Å². The third-order valence-corrected chi connectivity index (χ3v) is 3.83. The highest BCUT2D eigenvalue weighted by molar-refractivity contribution is 4.81. The third kappa shape index (κ3) is 5.39. The number of hydrogen-bond acceptors (Lipinski definition) is 2. The Morgan fingerprint density at radius 2 is 1.88 bits per heavy atom. The molecule has 0 aromatic rings. The van der Waals surface area contributed by atoms with Gasteiger partial charge in [-0.05, 0) is 43.7 Å². The lowest BCUT2D eigenvalue weighted by Gasteiger charge is -2.39. The van der Waals surface area contributed by atoms with Crippen molar-refractivity contribution in [2.24, 2.45) is 17.8 Å². The minimum Gasteiger partial charge on any atom is -0.315 e. The molecule has 17 heavy (non-hydrogen) atoms. The summed E-state index contributed by atoms with van der Waals surface area (Å²) in [6, 6.07) is 0.719. The minimum atomic E-state index is 0.719. The highest BCUT2D eigenvalue weighted by atomic mass is 15.2. The third-order valence-electron chi connectivity index (χ3n) is 3.83. The zero-order chi connectivity index (χ0) is 12.8.